The van der Waals surface area contributed by atoms with Gasteiger partial charge in [0.1, 0.15) is 0 Å². The highest BCUT2D eigenvalue weighted by atomic mass is 32.2. The molecule has 0 aliphatic rings. The summed E-state index contributed by atoms with van der Waals surface area (Å²) in [6.45, 7) is 1.58. The van der Waals surface area contributed by atoms with Crippen molar-refractivity contribution in [3.8, 4) is 22.4 Å². The van der Waals surface area contributed by atoms with E-state index in [0.29, 0.717) is 16.8 Å². The van der Waals surface area contributed by atoms with Gasteiger partial charge < -0.3 is 5.73 Å². The van der Waals surface area contributed by atoms with Crippen LogP contribution in [0.5, 0.6) is 0 Å². The maximum Gasteiger partial charge on any atom is 0.451 e. The summed E-state index contributed by atoms with van der Waals surface area (Å²) in [4.78, 5) is 9.88. The molecule has 0 amide bonds. The highest BCUT2D eigenvalue weighted by molar-refractivity contribution is 8.13. The molecule has 0 bridgehead atoms. The Morgan fingerprint density at radius 3 is 1.97 bits per heavy atom. The molecule has 35 heavy (non-hydrogen) atoms. The zero-order valence-electron chi connectivity index (χ0n) is 19.6. The molecule has 1 atom stereocenters. The summed E-state index contributed by atoms with van der Waals surface area (Å²) in [6, 6.07) is 24.4. The molecule has 1 heterocycles. The fourth-order valence-electron chi connectivity index (χ4n) is 3.31. The van der Waals surface area contributed by atoms with E-state index in [2.05, 4.69) is 15.8 Å². The summed E-state index contributed by atoms with van der Waals surface area (Å²) in [6.07, 6.45) is -0.565. The molecule has 0 aliphatic heterocycles. The second-order valence-electron chi connectivity index (χ2n) is 7.65. The summed E-state index contributed by atoms with van der Waals surface area (Å²) in [5.74, 6) is 2.87. The van der Waals surface area contributed by atoms with Crippen molar-refractivity contribution in [3.63, 3.8) is 0 Å². The monoisotopic (exact) mass is 513 g/mol. The molecule has 0 fully saturated rings. The third-order valence-corrected chi connectivity index (χ3v) is 6.87. The molecule has 0 aliphatic carbocycles. The average Bonchev–Trinajstić information content (AvgIpc) is 2.84. The minimum absolute atomic E-state index is 0.171. The van der Waals surface area contributed by atoms with Gasteiger partial charge in [-0.1, -0.05) is 48.3 Å². The number of thioether (sulfide) groups is 1. The number of hydrogen-bond acceptors (Lipinski definition) is 4. The normalized spacial score (nSPS) is 11.9. The Hall–Kier alpha value is -3.10. The van der Waals surface area contributed by atoms with E-state index in [1.165, 1.54) is 4.90 Å². The predicted molar refractivity (Wildman–Crippen MR) is 144 cm³/mol. The molecule has 0 spiro atoms. The van der Waals surface area contributed by atoms with Crippen molar-refractivity contribution in [2.24, 2.45) is 0 Å². The van der Waals surface area contributed by atoms with Crippen LogP contribution in [-0.2, 0) is 6.18 Å². The molecule has 4 rings (SSSR count). The number of anilines is 1. The quantitative estimate of drug-likeness (QED) is 0.172. The second kappa shape index (κ2) is 11.6. The Morgan fingerprint density at radius 2 is 1.46 bits per heavy atom. The number of aromatic nitrogens is 2. The maximum atomic E-state index is 13.2. The van der Waals surface area contributed by atoms with E-state index in [1.54, 1.807) is 30.8 Å². The predicted octanol–water partition coefficient (Wildman–Crippen LogP) is 7.82. The van der Waals surface area contributed by atoms with Crippen LogP contribution in [-0.4, -0.2) is 28.3 Å². The van der Waals surface area contributed by atoms with Gasteiger partial charge in [-0.3, -0.25) is 0 Å². The molecule has 3 aromatic carbocycles. The molecule has 8 heteroatoms. The summed E-state index contributed by atoms with van der Waals surface area (Å²) in [5, 5.41) is 0. The largest absolute Gasteiger partial charge is 0.451 e. The minimum Gasteiger partial charge on any atom is -0.399 e. The summed E-state index contributed by atoms with van der Waals surface area (Å²) in [5.41, 5.74) is 8.89. The second-order valence-corrected chi connectivity index (χ2v) is 10.3. The lowest BCUT2D eigenvalue weighted by Crippen LogP contribution is -2.13. The van der Waals surface area contributed by atoms with E-state index in [9.17, 15) is 13.2 Å². The Kier molecular flexibility index (Phi) is 8.75. The third-order valence-electron chi connectivity index (χ3n) is 5.05. The summed E-state index contributed by atoms with van der Waals surface area (Å²) in [7, 11) is -0.171. The highest BCUT2D eigenvalue weighted by Gasteiger charge is 2.36. The van der Waals surface area contributed by atoms with Gasteiger partial charge in [-0.25, -0.2) is 9.97 Å². The summed E-state index contributed by atoms with van der Waals surface area (Å²) < 4.78 is 39.7. The fourth-order valence-corrected chi connectivity index (χ4v) is 4.32. The number of nitrogen functional groups attached to an aromatic ring is 1. The molecular weight excluding hydrogens is 487 g/mol. The first kappa shape index (κ1) is 26.5. The molecular formula is C27H26F3N3S2. The van der Waals surface area contributed by atoms with Gasteiger partial charge in [-0.15, -0.1) is 11.8 Å². The van der Waals surface area contributed by atoms with Crippen molar-refractivity contribution in [1.82, 2.24) is 9.97 Å². The van der Waals surface area contributed by atoms with Gasteiger partial charge in [0.25, 0.3) is 0 Å². The highest BCUT2D eigenvalue weighted by Crippen LogP contribution is 2.36. The molecule has 1 aromatic heterocycles. The number of alkyl halides is 3. The van der Waals surface area contributed by atoms with E-state index < -0.39 is 12.0 Å². The first-order valence-corrected chi connectivity index (χ1v) is 13.6. The smallest absolute Gasteiger partial charge is 0.399 e. The van der Waals surface area contributed by atoms with Crippen LogP contribution in [0.4, 0.5) is 18.9 Å². The molecule has 1 unspecified atom stereocenters. The first-order valence-electron chi connectivity index (χ1n) is 10.6. The minimum atomic E-state index is -4.60. The number of benzene rings is 3. The van der Waals surface area contributed by atoms with Crippen LogP contribution in [0.25, 0.3) is 22.4 Å². The van der Waals surface area contributed by atoms with Crippen LogP contribution in [0.15, 0.2) is 88.7 Å². The van der Waals surface area contributed by atoms with Crippen LogP contribution in [0.3, 0.4) is 0 Å². The van der Waals surface area contributed by atoms with Gasteiger partial charge in [0.2, 0.25) is 5.82 Å². The lowest BCUT2D eigenvalue weighted by atomic mass is 9.98. The number of nitrogens with zero attached hydrogens (tertiary/aromatic N) is 2. The maximum absolute atomic E-state index is 13.2. The topological polar surface area (TPSA) is 51.8 Å². The molecule has 2 N–H and O–H groups in total. The lowest BCUT2D eigenvalue weighted by Gasteiger charge is -2.15. The van der Waals surface area contributed by atoms with Gasteiger partial charge in [0.05, 0.1) is 5.69 Å². The number of hydrogen-bond donors (Lipinski definition) is 1. The van der Waals surface area contributed by atoms with Crippen molar-refractivity contribution in [2.45, 2.75) is 22.9 Å². The van der Waals surface area contributed by atoms with Gasteiger partial charge in [-0.2, -0.15) is 23.7 Å². The van der Waals surface area contributed by atoms with Gasteiger partial charge in [-0.05, 0) is 61.4 Å². The lowest BCUT2D eigenvalue weighted by molar-refractivity contribution is -0.145. The van der Waals surface area contributed by atoms with E-state index in [4.69, 9.17) is 5.73 Å². The van der Waals surface area contributed by atoms with Crippen molar-refractivity contribution in [1.29, 1.82) is 0 Å². The number of nitrogens with two attached hydrogens (primary N) is 1. The van der Waals surface area contributed by atoms with Crippen molar-refractivity contribution >= 4 is 33.8 Å². The Bertz CT molecular complexity index is 1290. The van der Waals surface area contributed by atoms with Crippen LogP contribution in [0.1, 0.15) is 11.5 Å². The first-order chi connectivity index (χ1) is 16.6. The Morgan fingerprint density at radius 1 is 0.857 bits per heavy atom. The molecule has 0 radical (unpaired) electrons. The van der Waals surface area contributed by atoms with Crippen molar-refractivity contribution < 1.29 is 13.2 Å². The van der Waals surface area contributed by atoms with Gasteiger partial charge in [0.15, 0.2) is 0 Å². The number of halogens is 3. The molecule has 0 saturated heterocycles. The van der Waals surface area contributed by atoms with Crippen molar-refractivity contribution in [3.05, 3.63) is 90.4 Å². The van der Waals surface area contributed by atoms with Crippen LogP contribution < -0.4 is 5.73 Å². The standard InChI is InChI=1S/C20H17F3N2S.C7H9NS/c1-13-17(14-7-5-4-6-8-14)18(25-19(24-13)20(21,22)23)15-9-11-16(12-10-15)26(2)3;1-9-7-4-2-6(8)3-5-7/h4-12H,2H2,1,3H3;2-5H,8H2,1H3. The molecule has 3 nitrogen and oxygen atoms in total. The van der Waals surface area contributed by atoms with Gasteiger partial charge >= 0.3 is 6.18 Å². The van der Waals surface area contributed by atoms with Crippen molar-refractivity contribution in [2.75, 3.05) is 18.2 Å². The van der Waals surface area contributed by atoms with E-state index >= 15 is 0 Å². The van der Waals surface area contributed by atoms with E-state index in [1.807, 2.05) is 79.2 Å². The van der Waals surface area contributed by atoms with Crippen LogP contribution in [0, 0.1) is 6.92 Å². The number of aryl methyl sites for hydroxylation is 1. The summed E-state index contributed by atoms with van der Waals surface area (Å²) >= 11 is 1.72. The zero-order valence-corrected chi connectivity index (χ0v) is 21.3. The Labute approximate surface area is 210 Å². The third kappa shape index (κ3) is 6.96. The number of rotatable bonds is 4. The molecule has 4 aromatic rings. The average molecular weight is 514 g/mol. The van der Waals surface area contributed by atoms with E-state index in [0.717, 1.165) is 16.1 Å². The molecule has 0 saturated carbocycles. The Balaban J connectivity index is 0.000000320. The zero-order chi connectivity index (χ0) is 25.6. The van der Waals surface area contributed by atoms with Crippen LogP contribution in [0.2, 0.25) is 0 Å². The van der Waals surface area contributed by atoms with Gasteiger partial charge in [0, 0.05) is 32.3 Å². The fraction of sp³-hybridized carbons (Fsp3) is 0.148. The molecule has 182 valence electrons. The SMILES string of the molecule is C=S(C)c1ccc(-c2nc(C(F)(F)F)nc(C)c2-c2ccccc2)cc1.CSc1ccc(N)cc1. The van der Waals surface area contributed by atoms with Crippen LogP contribution >= 0.6 is 22.2 Å². The van der Waals surface area contributed by atoms with E-state index in [-0.39, 0.29) is 16.2 Å².